The molecule has 1 aromatic carbocycles. The van der Waals surface area contributed by atoms with Crippen molar-refractivity contribution in [3.63, 3.8) is 0 Å². The summed E-state index contributed by atoms with van der Waals surface area (Å²) in [4.78, 5) is 29.0. The second-order valence-electron chi connectivity index (χ2n) is 6.13. The zero-order valence-electron chi connectivity index (χ0n) is 14.7. The van der Waals surface area contributed by atoms with Crippen LogP contribution in [-0.4, -0.2) is 33.3 Å². The summed E-state index contributed by atoms with van der Waals surface area (Å²) in [7, 11) is 1.66. The van der Waals surface area contributed by atoms with Crippen molar-refractivity contribution in [2.45, 2.75) is 19.9 Å². The molecule has 0 bridgehead atoms. The van der Waals surface area contributed by atoms with Gasteiger partial charge in [-0.05, 0) is 32.0 Å². The highest BCUT2D eigenvalue weighted by molar-refractivity contribution is 6.05. The Kier molecular flexibility index (Phi) is 4.75. The van der Waals surface area contributed by atoms with Gasteiger partial charge in [0.1, 0.15) is 6.61 Å². The fourth-order valence-corrected chi connectivity index (χ4v) is 2.68. The molecule has 3 aromatic rings. The predicted octanol–water partition coefficient (Wildman–Crippen LogP) is 1.91. The molecule has 0 fully saturated rings. The first-order valence-corrected chi connectivity index (χ1v) is 8.11. The summed E-state index contributed by atoms with van der Waals surface area (Å²) in [5.74, 6) is -0.759. The minimum absolute atomic E-state index is 0.0883. The molecule has 0 aliphatic carbocycles. The van der Waals surface area contributed by atoms with Crippen LogP contribution in [0.1, 0.15) is 23.0 Å². The van der Waals surface area contributed by atoms with Gasteiger partial charge in [0.15, 0.2) is 17.2 Å². The number of nitrogens with zero attached hydrogens (tertiary/aromatic N) is 2. The number of benzene rings is 1. The molecule has 26 heavy (non-hydrogen) atoms. The topological polar surface area (TPSA) is 89.0 Å². The Bertz CT molecular complexity index is 1020. The molecule has 0 radical (unpaired) electrons. The van der Waals surface area contributed by atoms with Crippen molar-refractivity contribution in [3.05, 3.63) is 57.8 Å². The second kappa shape index (κ2) is 6.99. The Morgan fingerprint density at radius 2 is 2.15 bits per heavy atom. The van der Waals surface area contributed by atoms with E-state index in [0.717, 1.165) is 0 Å². The number of fused-ring (bicyclic) bond motifs is 1. The number of rotatable bonds is 5. The summed E-state index contributed by atoms with van der Waals surface area (Å²) in [5, 5.41) is 5.60. The van der Waals surface area contributed by atoms with Crippen molar-refractivity contribution in [1.82, 2.24) is 20.1 Å². The number of carbonyl (C=O) groups excluding carboxylic acids is 1. The smallest absolute Gasteiger partial charge is 0.274 e. The predicted molar refractivity (Wildman–Crippen MR) is 94.9 cm³/mol. The normalized spacial score (nSPS) is 12.2. The fraction of sp³-hybridized carbons (Fsp3) is 0.278. The number of ether oxygens (including phenoxy) is 1. The van der Waals surface area contributed by atoms with Crippen LogP contribution in [0, 0.1) is 12.7 Å². The van der Waals surface area contributed by atoms with E-state index in [1.165, 1.54) is 16.8 Å². The number of pyridine rings is 1. The average Bonchev–Trinajstić information content (AvgIpc) is 2.87. The number of halogens is 1. The van der Waals surface area contributed by atoms with Crippen molar-refractivity contribution in [2.75, 3.05) is 6.61 Å². The number of aromatic amines is 1. The number of para-hydroxylation sites is 1. The van der Waals surface area contributed by atoms with Gasteiger partial charge < -0.3 is 10.1 Å². The molecule has 1 unspecified atom stereocenters. The van der Waals surface area contributed by atoms with E-state index in [1.54, 1.807) is 39.1 Å². The number of hydrogen-bond donors (Lipinski definition) is 2. The van der Waals surface area contributed by atoms with E-state index in [9.17, 15) is 14.0 Å². The highest BCUT2D eigenvalue weighted by atomic mass is 19.1. The van der Waals surface area contributed by atoms with Crippen LogP contribution in [0.15, 0.2) is 35.1 Å². The molecule has 3 rings (SSSR count). The average molecular weight is 358 g/mol. The largest absolute Gasteiger partial charge is 0.488 e. The minimum Gasteiger partial charge on any atom is -0.488 e. The molecule has 2 heterocycles. The number of amides is 1. The van der Waals surface area contributed by atoms with Gasteiger partial charge in [-0.2, -0.15) is 0 Å². The van der Waals surface area contributed by atoms with E-state index in [0.29, 0.717) is 11.3 Å². The lowest BCUT2D eigenvalue weighted by Crippen LogP contribution is -2.37. The lowest BCUT2D eigenvalue weighted by Gasteiger charge is -2.15. The van der Waals surface area contributed by atoms with Crippen LogP contribution in [0.3, 0.4) is 0 Å². The summed E-state index contributed by atoms with van der Waals surface area (Å²) in [5.41, 5.74) is 0.894. The van der Waals surface area contributed by atoms with Crippen molar-refractivity contribution >= 4 is 16.9 Å². The lowest BCUT2D eigenvalue weighted by atomic mass is 10.1. The van der Waals surface area contributed by atoms with Gasteiger partial charge in [-0.3, -0.25) is 19.4 Å². The van der Waals surface area contributed by atoms with Gasteiger partial charge in [0.05, 0.1) is 17.0 Å². The van der Waals surface area contributed by atoms with Crippen LogP contribution in [-0.2, 0) is 7.05 Å². The first-order valence-electron chi connectivity index (χ1n) is 8.11. The van der Waals surface area contributed by atoms with Gasteiger partial charge >= 0.3 is 0 Å². The summed E-state index contributed by atoms with van der Waals surface area (Å²) in [6, 6.07) is 7.23. The van der Waals surface area contributed by atoms with Crippen molar-refractivity contribution < 1.29 is 13.9 Å². The number of H-pyrrole nitrogens is 1. The first-order chi connectivity index (χ1) is 12.4. The minimum atomic E-state index is -0.465. The Labute approximate surface area is 148 Å². The van der Waals surface area contributed by atoms with E-state index in [2.05, 4.69) is 15.4 Å². The van der Waals surface area contributed by atoms with E-state index >= 15 is 0 Å². The first kappa shape index (κ1) is 17.7. The number of carbonyl (C=O) groups is 1. The van der Waals surface area contributed by atoms with Gasteiger partial charge in [-0.25, -0.2) is 9.37 Å². The molecule has 0 aliphatic heterocycles. The fourth-order valence-electron chi connectivity index (χ4n) is 2.68. The zero-order valence-corrected chi connectivity index (χ0v) is 14.7. The Morgan fingerprint density at radius 1 is 1.42 bits per heavy atom. The molecule has 0 saturated heterocycles. The summed E-state index contributed by atoms with van der Waals surface area (Å²) >= 11 is 0. The molecular formula is C18H19FN4O3. The summed E-state index contributed by atoms with van der Waals surface area (Å²) in [6.07, 6.45) is 0. The molecule has 2 N–H and O–H groups in total. The van der Waals surface area contributed by atoms with E-state index in [-0.39, 0.29) is 28.9 Å². The van der Waals surface area contributed by atoms with Crippen LogP contribution < -0.4 is 15.6 Å². The van der Waals surface area contributed by atoms with E-state index in [4.69, 9.17) is 4.74 Å². The van der Waals surface area contributed by atoms with Crippen LogP contribution in [0.2, 0.25) is 0 Å². The molecule has 136 valence electrons. The molecule has 8 heteroatoms. The highest BCUT2D eigenvalue weighted by Gasteiger charge is 2.19. The third-order valence-corrected chi connectivity index (χ3v) is 3.89. The second-order valence-corrected chi connectivity index (χ2v) is 6.13. The maximum absolute atomic E-state index is 13.6. The van der Waals surface area contributed by atoms with Gasteiger partial charge in [0.25, 0.3) is 11.5 Å². The Morgan fingerprint density at radius 3 is 2.88 bits per heavy atom. The molecule has 1 amide bonds. The molecule has 7 nitrogen and oxygen atoms in total. The monoisotopic (exact) mass is 358 g/mol. The van der Waals surface area contributed by atoms with Gasteiger partial charge in [0.2, 0.25) is 0 Å². The van der Waals surface area contributed by atoms with Crippen LogP contribution in [0.5, 0.6) is 5.75 Å². The quantitative estimate of drug-likeness (QED) is 0.729. The highest BCUT2D eigenvalue weighted by Crippen LogP contribution is 2.16. The third kappa shape index (κ3) is 3.44. The van der Waals surface area contributed by atoms with Crippen molar-refractivity contribution in [2.24, 2.45) is 7.05 Å². The van der Waals surface area contributed by atoms with Crippen molar-refractivity contribution in [1.29, 1.82) is 0 Å². The summed E-state index contributed by atoms with van der Waals surface area (Å²) in [6.45, 7) is 3.57. The number of aryl methyl sites for hydroxylation is 2. The molecular weight excluding hydrogens is 339 g/mol. The molecule has 2 aromatic heterocycles. The van der Waals surface area contributed by atoms with Crippen LogP contribution in [0.4, 0.5) is 4.39 Å². The Balaban J connectivity index is 1.77. The van der Waals surface area contributed by atoms with Gasteiger partial charge in [-0.15, -0.1) is 0 Å². The maximum atomic E-state index is 13.6. The number of nitrogens with one attached hydrogen (secondary N) is 2. The standard InChI is InChI=1S/C18H19FN4O3/c1-10-8-12(15-16(20-10)23(3)22-18(15)25)17(24)21-11(2)9-26-14-7-5-4-6-13(14)19/h4-8,11H,9H2,1-3H3,(H,21,24)(H,22,25). The summed E-state index contributed by atoms with van der Waals surface area (Å²) < 4.78 is 20.5. The zero-order chi connectivity index (χ0) is 18.8. The SMILES string of the molecule is Cc1cc(C(=O)NC(C)COc2ccccc2F)c2c(=O)[nH]n(C)c2n1. The molecule has 0 aliphatic rings. The number of aromatic nitrogens is 3. The molecule has 0 saturated carbocycles. The van der Waals surface area contributed by atoms with Crippen LogP contribution >= 0.6 is 0 Å². The van der Waals surface area contributed by atoms with E-state index in [1.807, 2.05) is 0 Å². The Hall–Kier alpha value is -3.16. The third-order valence-electron chi connectivity index (χ3n) is 3.89. The van der Waals surface area contributed by atoms with Crippen molar-refractivity contribution in [3.8, 4) is 5.75 Å². The molecule has 1 atom stereocenters. The number of hydrogen-bond acceptors (Lipinski definition) is 4. The lowest BCUT2D eigenvalue weighted by molar-refractivity contribution is 0.0927. The van der Waals surface area contributed by atoms with Gasteiger partial charge in [-0.1, -0.05) is 12.1 Å². The maximum Gasteiger partial charge on any atom is 0.274 e. The van der Waals surface area contributed by atoms with Gasteiger partial charge in [0, 0.05) is 12.7 Å². The molecule has 0 spiro atoms. The van der Waals surface area contributed by atoms with E-state index < -0.39 is 17.8 Å². The van der Waals surface area contributed by atoms with Crippen LogP contribution in [0.25, 0.3) is 11.0 Å².